The van der Waals surface area contributed by atoms with E-state index in [0.717, 1.165) is 0 Å². The summed E-state index contributed by atoms with van der Waals surface area (Å²) < 4.78 is 40.4. The Bertz CT molecular complexity index is 773. The molecule has 25 heavy (non-hydrogen) atoms. The second-order valence-electron chi connectivity index (χ2n) is 7.06. The molecule has 1 aromatic heterocycles. The van der Waals surface area contributed by atoms with Gasteiger partial charge in [-0.25, -0.2) is 8.78 Å². The molecule has 0 aliphatic carbocycles. The third-order valence-corrected chi connectivity index (χ3v) is 4.78. The molecule has 2 aromatic rings. The van der Waals surface area contributed by atoms with Crippen LogP contribution in [0.5, 0.6) is 0 Å². The van der Waals surface area contributed by atoms with Crippen molar-refractivity contribution in [1.29, 1.82) is 0 Å². The van der Waals surface area contributed by atoms with Gasteiger partial charge in [-0.05, 0) is 51.5 Å². The van der Waals surface area contributed by atoms with Gasteiger partial charge in [-0.1, -0.05) is 18.2 Å². The largest absolute Gasteiger partial charge is 0.525 e. The molecule has 1 aromatic carbocycles. The molecule has 2 heterocycles. The maximum atomic E-state index is 15.4. The Morgan fingerprint density at radius 2 is 1.56 bits per heavy atom. The summed E-state index contributed by atoms with van der Waals surface area (Å²) in [5.41, 5.74) is -0.483. The van der Waals surface area contributed by atoms with Crippen LogP contribution in [0.3, 0.4) is 0 Å². The maximum absolute atomic E-state index is 15.4. The molecule has 0 saturated carbocycles. The molecule has 0 radical (unpaired) electrons. The van der Waals surface area contributed by atoms with Gasteiger partial charge in [-0.2, -0.15) is 0 Å². The van der Waals surface area contributed by atoms with Gasteiger partial charge in [0.25, 0.3) is 0 Å². The lowest BCUT2D eigenvalue weighted by Crippen LogP contribution is -2.41. The molecule has 0 unspecified atom stereocenters. The van der Waals surface area contributed by atoms with Crippen molar-refractivity contribution >= 4 is 12.7 Å². The van der Waals surface area contributed by atoms with Crippen LogP contribution in [-0.2, 0) is 9.31 Å². The van der Waals surface area contributed by atoms with Crippen molar-refractivity contribution in [2.45, 2.75) is 38.9 Å². The van der Waals surface area contributed by atoms with Crippen LogP contribution in [0.1, 0.15) is 38.8 Å². The molecular weight excluding hydrogens is 323 g/mol. The van der Waals surface area contributed by atoms with Crippen molar-refractivity contribution in [3.8, 4) is 0 Å². The minimum absolute atomic E-state index is 0.284. The topological polar surface area (TPSA) is 31.4 Å². The molecule has 1 saturated heterocycles. The molecule has 0 bridgehead atoms. The standard InChI is InChI=1S/C19H20BF2NO2/c1-18(2)19(3,4)25-20(24-18)17(22)16(14-6-5-11-23-12-14)13-7-9-15(21)10-8-13/h5-12H,1-4H3. The Morgan fingerprint density at radius 3 is 2.08 bits per heavy atom. The van der Waals surface area contributed by atoms with Crippen LogP contribution in [0.15, 0.2) is 54.5 Å². The van der Waals surface area contributed by atoms with Crippen molar-refractivity contribution < 1.29 is 18.1 Å². The summed E-state index contributed by atoms with van der Waals surface area (Å²) in [6.45, 7) is 7.45. The predicted molar refractivity (Wildman–Crippen MR) is 93.8 cm³/mol. The summed E-state index contributed by atoms with van der Waals surface area (Å²) in [5.74, 6) is -0.384. The van der Waals surface area contributed by atoms with E-state index >= 15 is 4.39 Å². The van der Waals surface area contributed by atoms with Gasteiger partial charge in [0.1, 0.15) is 11.5 Å². The summed E-state index contributed by atoms with van der Waals surface area (Å²) in [5, 5.41) is 0. The van der Waals surface area contributed by atoms with Crippen LogP contribution >= 0.6 is 0 Å². The zero-order valence-corrected chi connectivity index (χ0v) is 14.7. The Kier molecular flexibility index (Phi) is 4.52. The summed E-state index contributed by atoms with van der Waals surface area (Å²) in [6, 6.07) is 9.12. The lowest BCUT2D eigenvalue weighted by Gasteiger charge is -2.32. The highest BCUT2D eigenvalue weighted by molar-refractivity contribution is 6.55. The van der Waals surface area contributed by atoms with Crippen LogP contribution in [0.2, 0.25) is 0 Å². The SMILES string of the molecule is CC1(C)OB(C(F)=C(c2ccc(F)cc2)c2cccnc2)OC1(C)C. The average Bonchev–Trinajstić information content (AvgIpc) is 2.78. The fourth-order valence-electron chi connectivity index (χ4n) is 2.63. The first kappa shape index (κ1) is 17.8. The van der Waals surface area contributed by atoms with Gasteiger partial charge in [0, 0.05) is 23.5 Å². The van der Waals surface area contributed by atoms with Gasteiger partial charge in [0.05, 0.1) is 11.2 Å². The van der Waals surface area contributed by atoms with Crippen LogP contribution < -0.4 is 0 Å². The molecule has 0 N–H and O–H groups in total. The number of pyridine rings is 1. The third kappa shape index (κ3) is 3.37. The summed E-state index contributed by atoms with van der Waals surface area (Å²) in [7, 11) is -1.13. The van der Waals surface area contributed by atoms with Gasteiger partial charge in [0.15, 0.2) is 0 Å². The summed E-state index contributed by atoms with van der Waals surface area (Å²) in [6.07, 6.45) is 3.17. The molecule has 0 amide bonds. The lowest BCUT2D eigenvalue weighted by molar-refractivity contribution is 0.00578. The number of hydrogen-bond donors (Lipinski definition) is 0. The Balaban J connectivity index is 2.11. The highest BCUT2D eigenvalue weighted by Crippen LogP contribution is 2.41. The van der Waals surface area contributed by atoms with E-state index < -0.39 is 24.0 Å². The minimum Gasteiger partial charge on any atom is -0.398 e. The monoisotopic (exact) mass is 343 g/mol. The molecule has 3 nitrogen and oxygen atoms in total. The van der Waals surface area contributed by atoms with Crippen molar-refractivity contribution in [3.63, 3.8) is 0 Å². The van der Waals surface area contributed by atoms with Crippen molar-refractivity contribution in [3.05, 3.63) is 71.5 Å². The van der Waals surface area contributed by atoms with Gasteiger partial charge >= 0.3 is 7.12 Å². The first-order chi connectivity index (χ1) is 11.7. The number of hydrogen-bond acceptors (Lipinski definition) is 3. The average molecular weight is 343 g/mol. The van der Waals surface area contributed by atoms with E-state index in [4.69, 9.17) is 9.31 Å². The molecule has 6 heteroatoms. The van der Waals surface area contributed by atoms with Crippen LogP contribution in [0, 0.1) is 5.82 Å². The van der Waals surface area contributed by atoms with E-state index in [1.807, 2.05) is 27.7 Å². The van der Waals surface area contributed by atoms with E-state index in [9.17, 15) is 4.39 Å². The van der Waals surface area contributed by atoms with E-state index in [1.54, 1.807) is 24.5 Å². The highest BCUT2D eigenvalue weighted by Gasteiger charge is 2.53. The Hall–Kier alpha value is -2.05. The fraction of sp³-hybridized carbons (Fsp3) is 0.316. The quantitative estimate of drug-likeness (QED) is 0.765. The second-order valence-corrected chi connectivity index (χ2v) is 7.06. The number of aromatic nitrogens is 1. The smallest absolute Gasteiger partial charge is 0.398 e. The molecule has 1 fully saturated rings. The van der Waals surface area contributed by atoms with Crippen molar-refractivity contribution in [2.75, 3.05) is 0 Å². The predicted octanol–water partition coefficient (Wildman–Crippen LogP) is 4.58. The molecular formula is C19H20BF2NO2. The maximum Gasteiger partial charge on any atom is 0.525 e. The Labute approximate surface area is 146 Å². The highest BCUT2D eigenvalue weighted by atomic mass is 19.1. The van der Waals surface area contributed by atoms with Crippen LogP contribution in [0.25, 0.3) is 5.57 Å². The lowest BCUT2D eigenvalue weighted by atomic mass is 9.81. The first-order valence-corrected chi connectivity index (χ1v) is 8.13. The molecule has 0 atom stereocenters. The molecule has 1 aliphatic rings. The van der Waals surface area contributed by atoms with E-state index in [2.05, 4.69) is 4.98 Å². The summed E-state index contributed by atoms with van der Waals surface area (Å²) in [4.78, 5) is 4.06. The van der Waals surface area contributed by atoms with Gasteiger partial charge in [0.2, 0.25) is 0 Å². The van der Waals surface area contributed by atoms with E-state index in [1.165, 1.54) is 24.3 Å². The van der Waals surface area contributed by atoms with Crippen LogP contribution in [0.4, 0.5) is 8.78 Å². The zero-order valence-electron chi connectivity index (χ0n) is 14.7. The molecule has 130 valence electrons. The minimum atomic E-state index is -1.13. The van der Waals surface area contributed by atoms with Crippen molar-refractivity contribution in [2.24, 2.45) is 0 Å². The van der Waals surface area contributed by atoms with Gasteiger partial charge in [-0.3, -0.25) is 4.98 Å². The fourth-order valence-corrected chi connectivity index (χ4v) is 2.63. The number of rotatable bonds is 3. The normalized spacial score (nSPS) is 19.7. The van der Waals surface area contributed by atoms with Gasteiger partial charge in [-0.15, -0.1) is 0 Å². The van der Waals surface area contributed by atoms with Crippen LogP contribution in [-0.4, -0.2) is 23.3 Å². The summed E-state index contributed by atoms with van der Waals surface area (Å²) >= 11 is 0. The Morgan fingerprint density at radius 1 is 0.960 bits per heavy atom. The molecule has 1 aliphatic heterocycles. The van der Waals surface area contributed by atoms with Gasteiger partial charge < -0.3 is 9.31 Å². The van der Waals surface area contributed by atoms with E-state index in [0.29, 0.717) is 11.1 Å². The number of halogens is 2. The molecule has 0 spiro atoms. The molecule has 3 rings (SSSR count). The zero-order chi connectivity index (χ0) is 18.2. The second kappa shape index (κ2) is 6.35. The number of benzene rings is 1. The number of nitrogens with zero attached hydrogens (tertiary/aromatic N) is 1. The van der Waals surface area contributed by atoms with Crippen molar-refractivity contribution in [1.82, 2.24) is 4.98 Å². The van der Waals surface area contributed by atoms with E-state index in [-0.39, 0.29) is 11.4 Å². The first-order valence-electron chi connectivity index (χ1n) is 8.13. The third-order valence-electron chi connectivity index (χ3n) is 4.78.